The molecule has 2 aromatic carbocycles. The fourth-order valence-electron chi connectivity index (χ4n) is 3.56. The van der Waals surface area contributed by atoms with Gasteiger partial charge in [0.1, 0.15) is 0 Å². The molecular weight excluding hydrogens is 426 g/mol. The maximum absolute atomic E-state index is 12.7. The third kappa shape index (κ3) is 4.76. The van der Waals surface area contributed by atoms with Crippen LogP contribution in [0.25, 0.3) is 0 Å². The molecule has 170 valence electrons. The van der Waals surface area contributed by atoms with Gasteiger partial charge in [0.25, 0.3) is 11.5 Å². The number of rotatable bonds is 5. The second-order valence-corrected chi connectivity index (χ2v) is 8.10. The molecule has 1 unspecified atom stereocenters. The largest absolute Gasteiger partial charge is 0.399 e. The zero-order valence-electron chi connectivity index (χ0n) is 19.2. The number of amides is 1. The summed E-state index contributed by atoms with van der Waals surface area (Å²) in [6.45, 7) is 3.85. The minimum absolute atomic E-state index is 0.169. The molecule has 3 aromatic rings. The Morgan fingerprint density at radius 3 is 2.59 bits per heavy atom. The predicted molar refractivity (Wildman–Crippen MR) is 135 cm³/mol. The number of benzene rings is 2. The second-order valence-electron chi connectivity index (χ2n) is 8.10. The molecule has 0 bridgehead atoms. The van der Waals surface area contributed by atoms with Crippen LogP contribution in [0, 0.1) is 18.8 Å². The quantitative estimate of drug-likeness (QED) is 0.510. The van der Waals surface area contributed by atoms with E-state index in [0.29, 0.717) is 22.6 Å². The van der Waals surface area contributed by atoms with Crippen molar-refractivity contribution in [1.29, 1.82) is 0 Å². The monoisotopic (exact) mass is 451 g/mol. The molecule has 0 fully saturated rings. The lowest BCUT2D eigenvalue weighted by Crippen LogP contribution is -2.23. The summed E-state index contributed by atoms with van der Waals surface area (Å²) in [6, 6.07) is 14.5. The molecule has 7 nitrogen and oxygen atoms in total. The minimum Gasteiger partial charge on any atom is -0.399 e. The van der Waals surface area contributed by atoms with E-state index >= 15 is 0 Å². The van der Waals surface area contributed by atoms with Crippen LogP contribution in [0.15, 0.2) is 82.9 Å². The minimum atomic E-state index is -0.324. The van der Waals surface area contributed by atoms with Gasteiger partial charge in [0.15, 0.2) is 5.82 Å². The van der Waals surface area contributed by atoms with Crippen molar-refractivity contribution in [3.63, 3.8) is 0 Å². The molecule has 0 saturated carbocycles. The van der Waals surface area contributed by atoms with E-state index in [-0.39, 0.29) is 23.2 Å². The number of nitrogens with zero attached hydrogens (tertiary/aromatic N) is 2. The van der Waals surface area contributed by atoms with Gasteiger partial charge in [-0.05, 0) is 67.5 Å². The van der Waals surface area contributed by atoms with Crippen molar-refractivity contribution in [3.05, 3.63) is 105 Å². The molecule has 1 heterocycles. The molecule has 1 atom stereocenters. The van der Waals surface area contributed by atoms with Crippen LogP contribution in [0.2, 0.25) is 0 Å². The lowest BCUT2D eigenvalue weighted by molar-refractivity contribution is 0.102. The average Bonchev–Trinajstić information content (AvgIpc) is 2.99. The van der Waals surface area contributed by atoms with Crippen molar-refractivity contribution in [1.82, 2.24) is 9.55 Å². The van der Waals surface area contributed by atoms with Gasteiger partial charge in [-0.25, -0.2) is 4.98 Å². The molecule has 4 rings (SSSR count). The third-order valence-corrected chi connectivity index (χ3v) is 5.65. The van der Waals surface area contributed by atoms with E-state index in [1.165, 1.54) is 4.57 Å². The smallest absolute Gasteiger partial charge is 0.293 e. The van der Waals surface area contributed by atoms with Crippen LogP contribution in [0.5, 0.6) is 0 Å². The van der Waals surface area contributed by atoms with E-state index in [1.54, 1.807) is 49.7 Å². The van der Waals surface area contributed by atoms with Gasteiger partial charge in [0.05, 0.1) is 11.6 Å². The standard InChI is InChI=1S/C27H25N5O2/c1-17-8-4-7-11-23(17)31-26(33)19-12-14-20(15-13-19)29-25-27(34)32(3)16-24(30-25)21-9-5-6-10-22(28)18(21)2/h4,6-8,10-16,21H,28H2,1-3H3,(H,29,30)(H,31,33). The number of allylic oxidation sites excluding steroid dienone is 3. The zero-order valence-corrected chi connectivity index (χ0v) is 19.2. The molecule has 0 aliphatic heterocycles. The van der Waals surface area contributed by atoms with Crippen molar-refractivity contribution in [2.75, 3.05) is 10.6 Å². The Bertz CT molecular complexity index is 1440. The van der Waals surface area contributed by atoms with Crippen LogP contribution in [0.4, 0.5) is 17.2 Å². The second kappa shape index (κ2) is 9.51. The van der Waals surface area contributed by atoms with Crippen LogP contribution >= 0.6 is 0 Å². The van der Waals surface area contributed by atoms with E-state index in [0.717, 1.165) is 16.8 Å². The number of anilines is 3. The third-order valence-electron chi connectivity index (χ3n) is 5.65. The molecule has 1 amide bonds. The number of aryl methyl sites for hydroxylation is 2. The summed E-state index contributed by atoms with van der Waals surface area (Å²) in [5.74, 6) is 5.73. The molecule has 34 heavy (non-hydrogen) atoms. The Balaban J connectivity index is 1.56. The number of nitrogens with two attached hydrogens (primary N) is 1. The highest BCUT2D eigenvalue weighted by Gasteiger charge is 2.19. The summed E-state index contributed by atoms with van der Waals surface area (Å²) >= 11 is 0. The summed E-state index contributed by atoms with van der Waals surface area (Å²) in [6.07, 6.45) is 5.14. The topological polar surface area (TPSA) is 102 Å². The SMILES string of the molecule is CC1=C(N)C=CC#CC1c1cn(C)c(=O)c(Nc2ccc(C(=O)Nc3ccccc3C)cc2)n1. The number of carbonyl (C=O) groups is 1. The molecule has 7 heteroatoms. The number of hydrogen-bond acceptors (Lipinski definition) is 5. The lowest BCUT2D eigenvalue weighted by atomic mass is 9.96. The lowest BCUT2D eigenvalue weighted by Gasteiger charge is -2.15. The van der Waals surface area contributed by atoms with Crippen molar-refractivity contribution in [3.8, 4) is 11.8 Å². The van der Waals surface area contributed by atoms with Gasteiger partial charge < -0.3 is 20.9 Å². The number of para-hydroxylation sites is 1. The molecule has 0 radical (unpaired) electrons. The number of hydrogen-bond donors (Lipinski definition) is 3. The van der Waals surface area contributed by atoms with Crippen LogP contribution in [0.1, 0.15) is 34.5 Å². The number of carbonyl (C=O) groups excluding carboxylic acids is 1. The highest BCUT2D eigenvalue weighted by Crippen LogP contribution is 2.25. The summed E-state index contributed by atoms with van der Waals surface area (Å²) in [7, 11) is 1.67. The summed E-state index contributed by atoms with van der Waals surface area (Å²) in [5.41, 5.74) is 10.8. The van der Waals surface area contributed by atoms with Gasteiger partial charge in [-0.1, -0.05) is 30.0 Å². The molecule has 1 aliphatic carbocycles. The van der Waals surface area contributed by atoms with Gasteiger partial charge in [-0.3, -0.25) is 9.59 Å². The van der Waals surface area contributed by atoms with Crippen LogP contribution in [-0.4, -0.2) is 15.5 Å². The molecule has 4 N–H and O–H groups in total. The maximum Gasteiger partial charge on any atom is 0.293 e. The van der Waals surface area contributed by atoms with Gasteiger partial charge in [-0.15, -0.1) is 0 Å². The molecule has 0 spiro atoms. The van der Waals surface area contributed by atoms with Crippen molar-refractivity contribution >= 4 is 23.1 Å². The summed E-state index contributed by atoms with van der Waals surface area (Å²) in [5, 5.41) is 5.98. The molecular formula is C27H25N5O2. The van der Waals surface area contributed by atoms with Gasteiger partial charge >= 0.3 is 0 Å². The van der Waals surface area contributed by atoms with E-state index < -0.39 is 0 Å². The Morgan fingerprint density at radius 1 is 1.12 bits per heavy atom. The first-order valence-electron chi connectivity index (χ1n) is 10.8. The highest BCUT2D eigenvalue weighted by molar-refractivity contribution is 6.04. The van der Waals surface area contributed by atoms with E-state index in [9.17, 15) is 9.59 Å². The van der Waals surface area contributed by atoms with Crippen molar-refractivity contribution in [2.24, 2.45) is 12.8 Å². The van der Waals surface area contributed by atoms with Crippen LogP contribution < -0.4 is 21.9 Å². The fraction of sp³-hybridized carbons (Fsp3) is 0.148. The van der Waals surface area contributed by atoms with E-state index in [4.69, 9.17) is 5.73 Å². The molecule has 1 aromatic heterocycles. The Morgan fingerprint density at radius 2 is 1.85 bits per heavy atom. The average molecular weight is 452 g/mol. The first-order valence-corrected chi connectivity index (χ1v) is 10.8. The number of nitrogens with one attached hydrogen (secondary N) is 2. The Kier molecular flexibility index (Phi) is 6.33. The van der Waals surface area contributed by atoms with Crippen molar-refractivity contribution in [2.45, 2.75) is 19.8 Å². The molecule has 1 aliphatic rings. The number of aromatic nitrogens is 2. The van der Waals surface area contributed by atoms with Gasteiger partial charge in [0, 0.05) is 35.9 Å². The van der Waals surface area contributed by atoms with E-state index in [1.807, 2.05) is 38.1 Å². The highest BCUT2D eigenvalue weighted by atomic mass is 16.1. The van der Waals surface area contributed by atoms with E-state index in [2.05, 4.69) is 27.5 Å². The normalized spacial score (nSPS) is 14.7. The first-order chi connectivity index (χ1) is 16.3. The van der Waals surface area contributed by atoms with Crippen LogP contribution in [0.3, 0.4) is 0 Å². The van der Waals surface area contributed by atoms with Crippen LogP contribution in [-0.2, 0) is 7.05 Å². The Hall–Kier alpha value is -4.57. The molecule has 0 saturated heterocycles. The first kappa shape index (κ1) is 22.6. The summed E-state index contributed by atoms with van der Waals surface area (Å²) in [4.78, 5) is 29.9. The maximum atomic E-state index is 12.7. The van der Waals surface area contributed by atoms with Gasteiger partial charge in [-0.2, -0.15) is 0 Å². The Labute approximate surface area is 198 Å². The van der Waals surface area contributed by atoms with Crippen molar-refractivity contribution < 1.29 is 4.79 Å². The fourth-order valence-corrected chi connectivity index (χ4v) is 3.56. The zero-order chi connectivity index (χ0) is 24.2. The van der Waals surface area contributed by atoms with Gasteiger partial charge in [0.2, 0.25) is 0 Å². The summed E-state index contributed by atoms with van der Waals surface area (Å²) < 4.78 is 1.47. The predicted octanol–water partition coefficient (Wildman–Crippen LogP) is 3.97.